The van der Waals surface area contributed by atoms with Gasteiger partial charge in [0.05, 0.1) is 0 Å². The van der Waals surface area contributed by atoms with Crippen LogP contribution in [0.15, 0.2) is 0 Å². The third-order valence-electron chi connectivity index (χ3n) is 6.37. The van der Waals surface area contributed by atoms with Gasteiger partial charge < -0.3 is 5.11 Å². The average Bonchev–Trinajstić information content (AvgIpc) is 3.19. The Bertz CT molecular complexity index is 428. The summed E-state index contributed by atoms with van der Waals surface area (Å²) < 4.78 is 0. The van der Waals surface area contributed by atoms with Crippen LogP contribution >= 0.6 is 11.8 Å². The van der Waals surface area contributed by atoms with E-state index in [1.165, 1.54) is 69.3 Å². The molecule has 0 aromatic heterocycles. The van der Waals surface area contributed by atoms with Gasteiger partial charge in [-0.25, -0.2) is 0 Å². The van der Waals surface area contributed by atoms with E-state index < -0.39 is 5.97 Å². The van der Waals surface area contributed by atoms with E-state index in [1.807, 2.05) is 0 Å². The van der Waals surface area contributed by atoms with Crippen LogP contribution in [-0.2, 0) is 4.79 Å². The van der Waals surface area contributed by atoms with Crippen LogP contribution in [0.25, 0.3) is 0 Å². The molecule has 2 bridgehead atoms. The molecule has 2 aliphatic carbocycles. The fourth-order valence-electron chi connectivity index (χ4n) is 5.08. The first-order chi connectivity index (χ1) is 12.2. The van der Waals surface area contributed by atoms with Crippen molar-refractivity contribution in [1.82, 2.24) is 0 Å². The van der Waals surface area contributed by atoms with Crippen molar-refractivity contribution in [3.63, 3.8) is 0 Å². The SMILES string of the molecule is C#CCCCCCSCC1C2CCC(C2)C1CCCCCCC(=O)O. The number of unbranched alkanes of at least 4 members (excludes halogenated alkanes) is 6. The molecule has 3 heteroatoms. The quantitative estimate of drug-likeness (QED) is 0.303. The first-order valence-corrected chi connectivity index (χ1v) is 11.6. The third-order valence-corrected chi connectivity index (χ3v) is 7.57. The van der Waals surface area contributed by atoms with Gasteiger partial charge in [-0.2, -0.15) is 11.8 Å². The number of hydrogen-bond donors (Lipinski definition) is 1. The first kappa shape index (κ1) is 20.7. The Morgan fingerprint density at radius 3 is 2.48 bits per heavy atom. The minimum absolute atomic E-state index is 0.342. The highest BCUT2D eigenvalue weighted by Gasteiger charge is 2.46. The van der Waals surface area contributed by atoms with Crippen LogP contribution in [0.5, 0.6) is 0 Å². The lowest BCUT2D eigenvalue weighted by molar-refractivity contribution is -0.137. The molecule has 2 fully saturated rings. The van der Waals surface area contributed by atoms with Gasteiger partial charge in [0.2, 0.25) is 0 Å². The van der Waals surface area contributed by atoms with E-state index >= 15 is 0 Å². The summed E-state index contributed by atoms with van der Waals surface area (Å²) in [6, 6.07) is 0. The molecule has 4 unspecified atom stereocenters. The van der Waals surface area contributed by atoms with E-state index in [2.05, 4.69) is 17.7 Å². The molecule has 2 aliphatic rings. The number of carbonyl (C=O) groups is 1. The Labute approximate surface area is 158 Å². The lowest BCUT2D eigenvalue weighted by atomic mass is 9.77. The second-order valence-electron chi connectivity index (χ2n) is 8.10. The van der Waals surface area contributed by atoms with Crippen molar-refractivity contribution in [2.75, 3.05) is 11.5 Å². The third kappa shape index (κ3) is 7.26. The maximum absolute atomic E-state index is 10.6. The zero-order chi connectivity index (χ0) is 17.9. The Kier molecular flexibility index (Phi) is 9.84. The fourth-order valence-corrected chi connectivity index (χ4v) is 6.44. The molecule has 2 saturated carbocycles. The van der Waals surface area contributed by atoms with Crippen molar-refractivity contribution in [3.8, 4) is 12.3 Å². The van der Waals surface area contributed by atoms with E-state index in [4.69, 9.17) is 11.5 Å². The maximum atomic E-state index is 10.6. The van der Waals surface area contributed by atoms with Gasteiger partial charge in [-0.15, -0.1) is 12.3 Å². The molecule has 0 aliphatic heterocycles. The van der Waals surface area contributed by atoms with Crippen LogP contribution in [0, 0.1) is 36.0 Å². The van der Waals surface area contributed by atoms with E-state index in [0.29, 0.717) is 6.42 Å². The highest BCUT2D eigenvalue weighted by atomic mass is 32.2. The molecule has 0 heterocycles. The number of carboxylic acids is 1. The second-order valence-corrected chi connectivity index (χ2v) is 9.25. The van der Waals surface area contributed by atoms with Gasteiger partial charge in [0.15, 0.2) is 0 Å². The number of rotatable bonds is 14. The Hall–Kier alpha value is -0.620. The summed E-state index contributed by atoms with van der Waals surface area (Å²) in [4.78, 5) is 10.6. The molecule has 0 saturated heterocycles. The molecule has 0 aromatic rings. The van der Waals surface area contributed by atoms with E-state index in [9.17, 15) is 4.79 Å². The van der Waals surface area contributed by atoms with E-state index in [0.717, 1.165) is 42.9 Å². The van der Waals surface area contributed by atoms with Gasteiger partial charge in [-0.1, -0.05) is 25.7 Å². The lowest BCUT2D eigenvalue weighted by Gasteiger charge is -2.31. The minimum atomic E-state index is -0.649. The normalized spacial score (nSPS) is 27.5. The number of aliphatic carboxylic acids is 1. The molecule has 0 radical (unpaired) electrons. The molecule has 2 rings (SSSR count). The largest absolute Gasteiger partial charge is 0.481 e. The van der Waals surface area contributed by atoms with Crippen LogP contribution in [0.2, 0.25) is 0 Å². The summed E-state index contributed by atoms with van der Waals surface area (Å²) in [6.45, 7) is 0. The number of carboxylic acid groups (broad SMARTS) is 1. The molecule has 0 spiro atoms. The predicted molar refractivity (Wildman–Crippen MR) is 108 cm³/mol. The van der Waals surface area contributed by atoms with Crippen LogP contribution in [0.3, 0.4) is 0 Å². The molecular formula is C22H36O2S. The summed E-state index contributed by atoms with van der Waals surface area (Å²) in [5.41, 5.74) is 0. The number of fused-ring (bicyclic) bond motifs is 2. The van der Waals surface area contributed by atoms with Crippen molar-refractivity contribution in [2.24, 2.45) is 23.7 Å². The van der Waals surface area contributed by atoms with Gasteiger partial charge in [0, 0.05) is 12.8 Å². The predicted octanol–water partition coefficient (Wildman–Crippen LogP) is 6.00. The zero-order valence-corrected chi connectivity index (χ0v) is 16.6. The van der Waals surface area contributed by atoms with Gasteiger partial charge in [0.25, 0.3) is 0 Å². The van der Waals surface area contributed by atoms with Crippen LogP contribution in [0.4, 0.5) is 0 Å². The summed E-state index contributed by atoms with van der Waals surface area (Å²) in [5, 5.41) is 8.70. The van der Waals surface area contributed by atoms with Crippen molar-refractivity contribution < 1.29 is 9.90 Å². The minimum Gasteiger partial charge on any atom is -0.481 e. The molecule has 25 heavy (non-hydrogen) atoms. The molecule has 0 amide bonds. The monoisotopic (exact) mass is 364 g/mol. The molecular weight excluding hydrogens is 328 g/mol. The Morgan fingerprint density at radius 2 is 1.72 bits per heavy atom. The summed E-state index contributed by atoms with van der Waals surface area (Å²) in [7, 11) is 0. The Balaban J connectivity index is 1.58. The van der Waals surface area contributed by atoms with Crippen molar-refractivity contribution >= 4 is 17.7 Å². The highest BCUT2D eigenvalue weighted by molar-refractivity contribution is 7.99. The fraction of sp³-hybridized carbons (Fsp3) is 0.864. The highest BCUT2D eigenvalue weighted by Crippen LogP contribution is 2.54. The van der Waals surface area contributed by atoms with Crippen molar-refractivity contribution in [3.05, 3.63) is 0 Å². The Morgan fingerprint density at radius 1 is 1.00 bits per heavy atom. The summed E-state index contributed by atoms with van der Waals surface area (Å²) in [6.07, 6.45) is 20.7. The van der Waals surface area contributed by atoms with Crippen LogP contribution < -0.4 is 0 Å². The topological polar surface area (TPSA) is 37.3 Å². The number of hydrogen-bond acceptors (Lipinski definition) is 2. The van der Waals surface area contributed by atoms with E-state index in [-0.39, 0.29) is 0 Å². The summed E-state index contributed by atoms with van der Waals surface area (Å²) >= 11 is 2.19. The van der Waals surface area contributed by atoms with Gasteiger partial charge >= 0.3 is 5.97 Å². The standard InChI is InChI=1S/C22H36O2S/c1-2-3-4-7-10-15-25-17-21-19-14-13-18(16-19)20(21)11-8-5-6-9-12-22(23)24/h1,18-21H,3-17H2,(H,23,24). The van der Waals surface area contributed by atoms with Crippen LogP contribution in [0.1, 0.15) is 83.5 Å². The summed E-state index contributed by atoms with van der Waals surface area (Å²) in [5.74, 6) is 8.71. The lowest BCUT2D eigenvalue weighted by Crippen LogP contribution is -2.24. The van der Waals surface area contributed by atoms with Gasteiger partial charge in [-0.05, 0) is 80.1 Å². The van der Waals surface area contributed by atoms with Crippen molar-refractivity contribution in [1.29, 1.82) is 0 Å². The van der Waals surface area contributed by atoms with Crippen LogP contribution in [-0.4, -0.2) is 22.6 Å². The second kappa shape index (κ2) is 11.9. The molecule has 4 atom stereocenters. The number of thioether (sulfide) groups is 1. The zero-order valence-electron chi connectivity index (χ0n) is 15.8. The average molecular weight is 365 g/mol. The first-order valence-electron chi connectivity index (χ1n) is 10.5. The smallest absolute Gasteiger partial charge is 0.303 e. The molecule has 1 N–H and O–H groups in total. The molecule has 142 valence electrons. The van der Waals surface area contributed by atoms with Gasteiger partial charge in [0.1, 0.15) is 0 Å². The molecule has 2 nitrogen and oxygen atoms in total. The van der Waals surface area contributed by atoms with Gasteiger partial charge in [-0.3, -0.25) is 4.79 Å². The van der Waals surface area contributed by atoms with E-state index in [1.54, 1.807) is 0 Å². The number of terminal acetylenes is 1. The maximum Gasteiger partial charge on any atom is 0.303 e. The molecule has 0 aromatic carbocycles. The van der Waals surface area contributed by atoms with Crippen molar-refractivity contribution in [2.45, 2.75) is 83.5 Å².